The first-order chi connectivity index (χ1) is 6.57. The van der Waals surface area contributed by atoms with E-state index in [2.05, 4.69) is 0 Å². The summed E-state index contributed by atoms with van der Waals surface area (Å²) >= 11 is 0. The summed E-state index contributed by atoms with van der Waals surface area (Å²) in [5, 5.41) is 10.5. The van der Waals surface area contributed by atoms with Gasteiger partial charge in [0.15, 0.2) is 11.4 Å². The van der Waals surface area contributed by atoms with Gasteiger partial charge in [-0.15, -0.1) is 0 Å². The summed E-state index contributed by atoms with van der Waals surface area (Å²) in [4.78, 5) is 11.8. The minimum Gasteiger partial charge on any atom is -0.382 e. The molecule has 3 heteroatoms. The van der Waals surface area contributed by atoms with Crippen LogP contribution in [0, 0.1) is 0 Å². The van der Waals surface area contributed by atoms with Gasteiger partial charge in [-0.2, -0.15) is 0 Å². The molecule has 2 aliphatic carbocycles. The van der Waals surface area contributed by atoms with Crippen molar-refractivity contribution in [2.45, 2.75) is 43.8 Å². The van der Waals surface area contributed by atoms with Crippen LogP contribution in [0.5, 0.6) is 0 Å². The third kappa shape index (κ3) is 0.916. The van der Waals surface area contributed by atoms with E-state index < -0.39 is 11.2 Å². The van der Waals surface area contributed by atoms with E-state index >= 15 is 0 Å². The first-order valence-corrected chi connectivity index (χ1v) is 5.07. The lowest BCUT2D eigenvalue weighted by molar-refractivity contribution is -0.174. The summed E-state index contributed by atoms with van der Waals surface area (Å²) in [7, 11) is 1.51. The molecule has 0 heterocycles. The highest BCUT2D eigenvalue weighted by Gasteiger charge is 2.61. The number of hydrogen-bond donors (Lipinski definition) is 1. The number of carbonyl (C=O) groups excluding carboxylic acids is 1. The standard InChI is InChI=1S/C11H16O3/c1-8-7-9(12)11(14-2)6-4-3-5-10(8,11)13/h7,13H,3-6H2,1-2H3/t10-,11-/m1/s1. The van der Waals surface area contributed by atoms with Crippen LogP contribution < -0.4 is 0 Å². The molecule has 0 saturated heterocycles. The third-order valence-electron chi connectivity index (χ3n) is 3.73. The van der Waals surface area contributed by atoms with Crippen molar-refractivity contribution in [3.05, 3.63) is 11.6 Å². The minimum atomic E-state index is -1.04. The van der Waals surface area contributed by atoms with Crippen molar-refractivity contribution in [3.63, 3.8) is 0 Å². The zero-order valence-electron chi connectivity index (χ0n) is 8.67. The molecule has 0 aromatic heterocycles. The molecule has 1 N–H and O–H groups in total. The molecule has 2 atom stereocenters. The van der Waals surface area contributed by atoms with Gasteiger partial charge in [0.1, 0.15) is 5.60 Å². The Balaban J connectivity index is 2.48. The van der Waals surface area contributed by atoms with Crippen molar-refractivity contribution in [2.24, 2.45) is 0 Å². The van der Waals surface area contributed by atoms with Gasteiger partial charge in [0.2, 0.25) is 0 Å². The first-order valence-electron chi connectivity index (χ1n) is 5.07. The molecule has 0 unspecified atom stereocenters. The van der Waals surface area contributed by atoms with Crippen LogP contribution in [0.1, 0.15) is 32.6 Å². The fraction of sp³-hybridized carbons (Fsp3) is 0.727. The highest BCUT2D eigenvalue weighted by Crippen LogP contribution is 2.48. The maximum atomic E-state index is 11.8. The van der Waals surface area contributed by atoms with Crippen LogP contribution in [0.2, 0.25) is 0 Å². The van der Waals surface area contributed by atoms with E-state index in [0.717, 1.165) is 18.4 Å². The van der Waals surface area contributed by atoms with Gasteiger partial charge in [0.05, 0.1) is 0 Å². The van der Waals surface area contributed by atoms with Crippen molar-refractivity contribution < 1.29 is 14.6 Å². The Bertz CT molecular complexity index is 308. The number of fused-ring (bicyclic) bond motifs is 1. The number of rotatable bonds is 1. The predicted molar refractivity (Wildman–Crippen MR) is 51.9 cm³/mol. The molecule has 0 amide bonds. The van der Waals surface area contributed by atoms with Crippen LogP contribution in [0.3, 0.4) is 0 Å². The molecular formula is C11H16O3. The number of ketones is 1. The Kier molecular flexibility index (Phi) is 2.05. The summed E-state index contributed by atoms with van der Waals surface area (Å²) < 4.78 is 5.34. The van der Waals surface area contributed by atoms with E-state index in [1.165, 1.54) is 13.2 Å². The van der Waals surface area contributed by atoms with Gasteiger partial charge in [-0.05, 0) is 44.3 Å². The molecular weight excluding hydrogens is 180 g/mol. The minimum absolute atomic E-state index is 0.0697. The van der Waals surface area contributed by atoms with Crippen LogP contribution >= 0.6 is 0 Å². The average molecular weight is 196 g/mol. The normalized spacial score (nSPS) is 42.2. The second kappa shape index (κ2) is 2.91. The van der Waals surface area contributed by atoms with E-state index in [9.17, 15) is 9.90 Å². The van der Waals surface area contributed by atoms with E-state index in [-0.39, 0.29) is 5.78 Å². The quantitative estimate of drug-likeness (QED) is 0.685. The maximum absolute atomic E-state index is 11.8. The van der Waals surface area contributed by atoms with E-state index in [1.54, 1.807) is 0 Å². The lowest BCUT2D eigenvalue weighted by Crippen LogP contribution is -2.58. The molecule has 1 saturated carbocycles. The van der Waals surface area contributed by atoms with E-state index in [0.29, 0.717) is 12.8 Å². The summed E-state index contributed by atoms with van der Waals surface area (Å²) in [6.07, 6.45) is 4.71. The number of aliphatic hydroxyl groups is 1. The van der Waals surface area contributed by atoms with Crippen molar-refractivity contribution in [1.82, 2.24) is 0 Å². The Labute approximate surface area is 83.8 Å². The fourth-order valence-corrected chi connectivity index (χ4v) is 2.81. The lowest BCUT2D eigenvalue weighted by atomic mass is 9.71. The number of ether oxygens (including phenoxy) is 1. The molecule has 2 rings (SSSR count). The van der Waals surface area contributed by atoms with Crippen LogP contribution in [0.4, 0.5) is 0 Å². The van der Waals surface area contributed by atoms with Crippen molar-refractivity contribution in [2.75, 3.05) is 7.11 Å². The maximum Gasteiger partial charge on any atom is 0.190 e. The Morgan fingerprint density at radius 3 is 2.64 bits per heavy atom. The number of methoxy groups -OCH3 is 1. The molecule has 0 spiro atoms. The highest BCUT2D eigenvalue weighted by molar-refractivity contribution is 6.03. The van der Waals surface area contributed by atoms with Gasteiger partial charge in [-0.3, -0.25) is 4.79 Å². The van der Waals surface area contributed by atoms with Gasteiger partial charge in [0.25, 0.3) is 0 Å². The van der Waals surface area contributed by atoms with Crippen molar-refractivity contribution in [1.29, 1.82) is 0 Å². The largest absolute Gasteiger partial charge is 0.382 e. The third-order valence-corrected chi connectivity index (χ3v) is 3.73. The summed E-state index contributed by atoms with van der Waals surface area (Å²) in [6, 6.07) is 0. The Morgan fingerprint density at radius 2 is 2.07 bits per heavy atom. The molecule has 0 aliphatic heterocycles. The second-order valence-corrected chi connectivity index (χ2v) is 4.29. The van der Waals surface area contributed by atoms with Crippen molar-refractivity contribution >= 4 is 5.78 Å². The van der Waals surface area contributed by atoms with Gasteiger partial charge in [-0.25, -0.2) is 0 Å². The molecule has 2 aliphatic rings. The first kappa shape index (κ1) is 9.87. The van der Waals surface area contributed by atoms with E-state index in [4.69, 9.17) is 4.74 Å². The Hall–Kier alpha value is -0.670. The van der Waals surface area contributed by atoms with Crippen LogP contribution in [0.15, 0.2) is 11.6 Å². The molecule has 78 valence electrons. The van der Waals surface area contributed by atoms with Gasteiger partial charge < -0.3 is 9.84 Å². The van der Waals surface area contributed by atoms with Crippen LogP contribution in [-0.4, -0.2) is 29.2 Å². The zero-order chi connectivity index (χ0) is 10.4. The number of hydrogen-bond acceptors (Lipinski definition) is 3. The van der Waals surface area contributed by atoms with Gasteiger partial charge in [0, 0.05) is 7.11 Å². The van der Waals surface area contributed by atoms with E-state index in [1.807, 2.05) is 6.92 Å². The number of carbonyl (C=O) groups is 1. The molecule has 0 aromatic carbocycles. The lowest BCUT2D eigenvalue weighted by Gasteiger charge is -2.44. The smallest absolute Gasteiger partial charge is 0.190 e. The monoisotopic (exact) mass is 196 g/mol. The fourth-order valence-electron chi connectivity index (χ4n) is 2.81. The zero-order valence-corrected chi connectivity index (χ0v) is 8.67. The van der Waals surface area contributed by atoms with Crippen molar-refractivity contribution in [3.8, 4) is 0 Å². The summed E-state index contributed by atoms with van der Waals surface area (Å²) in [6.45, 7) is 1.81. The van der Waals surface area contributed by atoms with Gasteiger partial charge in [-0.1, -0.05) is 0 Å². The molecule has 3 nitrogen and oxygen atoms in total. The SMILES string of the molecule is CO[C@@]12CCCC[C@@]1(O)C(C)=CC2=O. The Morgan fingerprint density at radius 1 is 1.43 bits per heavy atom. The summed E-state index contributed by atoms with van der Waals surface area (Å²) in [5.41, 5.74) is -1.27. The average Bonchev–Trinajstić information content (AvgIpc) is 2.37. The topological polar surface area (TPSA) is 46.5 Å². The predicted octanol–water partition coefficient (Wildman–Crippen LogP) is 1.21. The molecule has 0 aromatic rings. The highest BCUT2D eigenvalue weighted by atomic mass is 16.5. The second-order valence-electron chi connectivity index (χ2n) is 4.29. The molecule has 1 fully saturated rings. The van der Waals surface area contributed by atoms with Crippen LogP contribution in [0.25, 0.3) is 0 Å². The molecule has 14 heavy (non-hydrogen) atoms. The van der Waals surface area contributed by atoms with Gasteiger partial charge >= 0.3 is 0 Å². The van der Waals surface area contributed by atoms with Crippen LogP contribution in [-0.2, 0) is 9.53 Å². The summed E-state index contributed by atoms with van der Waals surface area (Å²) in [5.74, 6) is -0.0697. The molecule has 0 radical (unpaired) electrons. The molecule has 0 bridgehead atoms.